The van der Waals surface area contributed by atoms with Crippen molar-refractivity contribution < 1.29 is 14.3 Å². The highest BCUT2D eigenvalue weighted by Gasteiger charge is 2.17. The summed E-state index contributed by atoms with van der Waals surface area (Å²) in [4.78, 5) is 14.2. The summed E-state index contributed by atoms with van der Waals surface area (Å²) >= 11 is 0. The summed E-state index contributed by atoms with van der Waals surface area (Å²) in [5.74, 6) is 1.73. The molecule has 1 fully saturated rings. The van der Waals surface area contributed by atoms with Gasteiger partial charge in [-0.3, -0.25) is 4.79 Å². The molecule has 1 saturated heterocycles. The van der Waals surface area contributed by atoms with E-state index < -0.39 is 0 Å². The number of methoxy groups -OCH3 is 1. The quantitative estimate of drug-likeness (QED) is 0.864. The van der Waals surface area contributed by atoms with Crippen molar-refractivity contribution in [2.24, 2.45) is 5.92 Å². The van der Waals surface area contributed by atoms with E-state index in [0.29, 0.717) is 17.4 Å². The zero-order valence-corrected chi connectivity index (χ0v) is 12.8. The second-order valence-corrected chi connectivity index (χ2v) is 5.49. The van der Waals surface area contributed by atoms with Crippen LogP contribution in [0.25, 0.3) is 0 Å². The number of likely N-dealkylation sites (tertiary alicyclic amines) is 1. The van der Waals surface area contributed by atoms with Gasteiger partial charge in [0.15, 0.2) is 18.1 Å². The summed E-state index contributed by atoms with van der Waals surface area (Å²) in [7, 11) is 3.72. The highest BCUT2D eigenvalue weighted by atomic mass is 16.5. The van der Waals surface area contributed by atoms with Crippen LogP contribution in [0.3, 0.4) is 0 Å². The Kier molecular flexibility index (Phi) is 5.87. The second-order valence-electron chi connectivity index (χ2n) is 5.49. The van der Waals surface area contributed by atoms with Crippen molar-refractivity contribution >= 4 is 5.91 Å². The van der Waals surface area contributed by atoms with Crippen LogP contribution in [0, 0.1) is 5.92 Å². The molecule has 0 bridgehead atoms. The number of hydrogen-bond donors (Lipinski definition) is 1. The van der Waals surface area contributed by atoms with Gasteiger partial charge in [0, 0.05) is 6.54 Å². The van der Waals surface area contributed by atoms with E-state index in [1.807, 2.05) is 18.2 Å². The predicted molar refractivity (Wildman–Crippen MR) is 81.7 cm³/mol. The van der Waals surface area contributed by atoms with Crippen LogP contribution >= 0.6 is 0 Å². The van der Waals surface area contributed by atoms with E-state index in [9.17, 15) is 4.79 Å². The Bertz CT molecular complexity index is 457. The van der Waals surface area contributed by atoms with Crippen LogP contribution in [0.1, 0.15) is 12.8 Å². The number of benzene rings is 1. The number of nitrogens with zero attached hydrogens (tertiary/aromatic N) is 1. The minimum absolute atomic E-state index is 0.0208. The molecule has 1 aliphatic rings. The molecular weight excluding hydrogens is 268 g/mol. The molecule has 5 heteroatoms. The van der Waals surface area contributed by atoms with Crippen LogP contribution in [-0.2, 0) is 4.79 Å². The third-order valence-corrected chi connectivity index (χ3v) is 3.85. The molecule has 1 heterocycles. The third-order valence-electron chi connectivity index (χ3n) is 3.85. The summed E-state index contributed by atoms with van der Waals surface area (Å²) in [6.45, 7) is 2.98. The smallest absolute Gasteiger partial charge is 0.257 e. The molecule has 1 aromatic carbocycles. The zero-order valence-electron chi connectivity index (χ0n) is 12.8. The first kappa shape index (κ1) is 15.6. The minimum Gasteiger partial charge on any atom is -0.493 e. The molecule has 0 atom stereocenters. The number of amides is 1. The van der Waals surface area contributed by atoms with Gasteiger partial charge in [0.05, 0.1) is 7.11 Å². The van der Waals surface area contributed by atoms with Crippen molar-refractivity contribution in [3.63, 3.8) is 0 Å². The lowest BCUT2D eigenvalue weighted by Crippen LogP contribution is -2.38. The molecule has 1 amide bonds. The first-order valence-electron chi connectivity index (χ1n) is 7.40. The summed E-state index contributed by atoms with van der Waals surface area (Å²) in [6.07, 6.45) is 2.29. The average Bonchev–Trinajstić information content (AvgIpc) is 2.52. The fraction of sp³-hybridized carbons (Fsp3) is 0.562. The molecule has 21 heavy (non-hydrogen) atoms. The SMILES string of the molecule is COc1ccccc1OCC(=O)NCC1CCN(C)CC1. The highest BCUT2D eigenvalue weighted by Crippen LogP contribution is 2.25. The van der Waals surface area contributed by atoms with Crippen LogP contribution in [0.2, 0.25) is 0 Å². The summed E-state index contributed by atoms with van der Waals surface area (Å²) in [6, 6.07) is 7.33. The van der Waals surface area contributed by atoms with Crippen molar-refractivity contribution in [3.05, 3.63) is 24.3 Å². The number of ether oxygens (including phenoxy) is 2. The maximum absolute atomic E-state index is 11.8. The fourth-order valence-electron chi connectivity index (χ4n) is 2.46. The number of hydrogen-bond acceptors (Lipinski definition) is 4. The Morgan fingerprint density at radius 1 is 1.29 bits per heavy atom. The molecule has 2 rings (SSSR count). The van der Waals surface area contributed by atoms with Gasteiger partial charge < -0.3 is 19.7 Å². The van der Waals surface area contributed by atoms with Crippen LogP contribution in [0.5, 0.6) is 11.5 Å². The number of piperidine rings is 1. The molecule has 0 aromatic heterocycles. The molecule has 116 valence electrons. The molecule has 0 aliphatic carbocycles. The van der Waals surface area contributed by atoms with Crippen LogP contribution in [0.4, 0.5) is 0 Å². The minimum atomic E-state index is -0.0835. The molecule has 0 unspecified atom stereocenters. The van der Waals surface area contributed by atoms with Gasteiger partial charge in [-0.1, -0.05) is 12.1 Å². The normalized spacial score (nSPS) is 16.5. The fourth-order valence-corrected chi connectivity index (χ4v) is 2.46. The van der Waals surface area contributed by atoms with Crippen LogP contribution in [0.15, 0.2) is 24.3 Å². The third kappa shape index (κ3) is 4.93. The summed E-state index contributed by atoms with van der Waals surface area (Å²) < 4.78 is 10.7. The molecular formula is C16H24N2O3. The Hall–Kier alpha value is -1.75. The van der Waals surface area contributed by atoms with Crippen molar-refractivity contribution in [3.8, 4) is 11.5 Å². The van der Waals surface area contributed by atoms with E-state index in [-0.39, 0.29) is 12.5 Å². The van der Waals surface area contributed by atoms with Gasteiger partial charge in [-0.25, -0.2) is 0 Å². The van der Waals surface area contributed by atoms with E-state index in [1.54, 1.807) is 13.2 Å². The number of nitrogens with one attached hydrogen (secondary N) is 1. The molecule has 0 saturated carbocycles. The monoisotopic (exact) mass is 292 g/mol. The lowest BCUT2D eigenvalue weighted by Gasteiger charge is -2.28. The molecule has 5 nitrogen and oxygen atoms in total. The van der Waals surface area contributed by atoms with Gasteiger partial charge in [0.25, 0.3) is 5.91 Å². The first-order chi connectivity index (χ1) is 10.2. The Labute approximate surface area is 126 Å². The van der Waals surface area contributed by atoms with Gasteiger partial charge in [0.2, 0.25) is 0 Å². The van der Waals surface area contributed by atoms with E-state index in [1.165, 1.54) is 0 Å². The maximum Gasteiger partial charge on any atom is 0.257 e. The highest BCUT2D eigenvalue weighted by molar-refractivity contribution is 5.77. The molecule has 0 spiro atoms. The Morgan fingerprint density at radius 3 is 2.62 bits per heavy atom. The maximum atomic E-state index is 11.8. The lowest BCUT2D eigenvalue weighted by atomic mass is 9.97. The van der Waals surface area contributed by atoms with Gasteiger partial charge >= 0.3 is 0 Å². The number of carbonyl (C=O) groups excluding carboxylic acids is 1. The Morgan fingerprint density at radius 2 is 1.95 bits per heavy atom. The van der Waals surface area contributed by atoms with Crippen LogP contribution < -0.4 is 14.8 Å². The van der Waals surface area contributed by atoms with Gasteiger partial charge in [-0.15, -0.1) is 0 Å². The van der Waals surface area contributed by atoms with Gasteiger partial charge in [-0.05, 0) is 51.0 Å². The summed E-state index contributed by atoms with van der Waals surface area (Å²) in [5.41, 5.74) is 0. The molecule has 0 radical (unpaired) electrons. The van der Waals surface area contributed by atoms with E-state index in [4.69, 9.17) is 9.47 Å². The predicted octanol–water partition coefficient (Wildman–Crippen LogP) is 1.53. The van der Waals surface area contributed by atoms with Gasteiger partial charge in [-0.2, -0.15) is 0 Å². The van der Waals surface area contributed by atoms with Gasteiger partial charge in [0.1, 0.15) is 0 Å². The number of rotatable bonds is 6. The summed E-state index contributed by atoms with van der Waals surface area (Å²) in [5, 5.41) is 2.95. The van der Waals surface area contributed by atoms with Crippen molar-refractivity contribution in [1.29, 1.82) is 0 Å². The topological polar surface area (TPSA) is 50.8 Å². The van der Waals surface area contributed by atoms with E-state index >= 15 is 0 Å². The van der Waals surface area contributed by atoms with Crippen molar-refractivity contribution in [2.45, 2.75) is 12.8 Å². The van der Waals surface area contributed by atoms with Crippen LogP contribution in [-0.4, -0.2) is 51.2 Å². The Balaban J connectivity index is 1.70. The average molecular weight is 292 g/mol. The number of carbonyl (C=O) groups is 1. The van der Waals surface area contributed by atoms with E-state index in [2.05, 4.69) is 17.3 Å². The van der Waals surface area contributed by atoms with Crippen molar-refractivity contribution in [1.82, 2.24) is 10.2 Å². The molecule has 1 aromatic rings. The largest absolute Gasteiger partial charge is 0.493 e. The number of para-hydroxylation sites is 2. The zero-order chi connectivity index (χ0) is 15.1. The van der Waals surface area contributed by atoms with Crippen molar-refractivity contribution in [2.75, 3.05) is 40.4 Å². The first-order valence-corrected chi connectivity index (χ1v) is 7.40. The molecule has 1 N–H and O–H groups in total. The molecule has 1 aliphatic heterocycles. The lowest BCUT2D eigenvalue weighted by molar-refractivity contribution is -0.123. The second kappa shape index (κ2) is 7.88. The van der Waals surface area contributed by atoms with E-state index in [0.717, 1.165) is 32.5 Å². The standard InChI is InChI=1S/C16H24N2O3/c1-18-9-7-13(8-10-18)11-17-16(19)12-21-15-6-4-3-5-14(15)20-2/h3-6,13H,7-12H2,1-2H3,(H,17,19).